The fraction of sp³-hybridized carbons (Fsp3) is 0.700. The van der Waals surface area contributed by atoms with Crippen molar-refractivity contribution in [1.82, 2.24) is 5.32 Å². The van der Waals surface area contributed by atoms with Crippen molar-refractivity contribution in [2.45, 2.75) is 41.4 Å². The van der Waals surface area contributed by atoms with E-state index in [2.05, 4.69) is 11.9 Å². The molecule has 0 unspecified atom stereocenters. The largest absolute Gasteiger partial charge is 0.343 e. The molecular weight excluding hydrogens is 256 g/mol. The normalized spacial score (nSPS) is 20.7. The predicted molar refractivity (Wildman–Crippen MR) is 64.4 cm³/mol. The third-order valence-corrected chi connectivity index (χ3v) is 3.27. The molecular formula is C10H14Cl3NO. The molecule has 0 aromatic heterocycles. The molecule has 1 fully saturated rings. The number of hydrogen-bond acceptors (Lipinski definition) is 1. The van der Waals surface area contributed by atoms with Gasteiger partial charge in [-0.25, -0.2) is 0 Å². The molecule has 15 heavy (non-hydrogen) atoms. The Morgan fingerprint density at radius 3 is 2.20 bits per heavy atom. The standard InChI is InChI=1S/C10H14Cl3NO/c1-2-9(6-4-3-5-7-9)14-8(15)10(11,12)13/h2H,1,3-7H2,(H,14,15). The van der Waals surface area contributed by atoms with Gasteiger partial charge in [0.15, 0.2) is 0 Å². The van der Waals surface area contributed by atoms with Gasteiger partial charge in [-0.15, -0.1) is 6.58 Å². The summed E-state index contributed by atoms with van der Waals surface area (Å²) in [4.78, 5) is 11.5. The molecule has 0 aliphatic heterocycles. The lowest BCUT2D eigenvalue weighted by atomic mass is 9.82. The van der Waals surface area contributed by atoms with E-state index in [4.69, 9.17) is 34.8 Å². The molecule has 5 heteroatoms. The first-order chi connectivity index (χ1) is 6.90. The lowest BCUT2D eigenvalue weighted by Crippen LogP contribution is -2.51. The van der Waals surface area contributed by atoms with E-state index in [0.717, 1.165) is 25.7 Å². The summed E-state index contributed by atoms with van der Waals surface area (Å²) in [6.45, 7) is 3.75. The number of rotatable bonds is 2. The maximum atomic E-state index is 11.5. The minimum absolute atomic E-state index is 0.390. The zero-order valence-corrected chi connectivity index (χ0v) is 10.6. The van der Waals surface area contributed by atoms with Crippen LogP contribution < -0.4 is 5.32 Å². The summed E-state index contributed by atoms with van der Waals surface area (Å²) < 4.78 is -1.90. The van der Waals surface area contributed by atoms with Crippen LogP contribution in [0, 0.1) is 0 Å². The summed E-state index contributed by atoms with van der Waals surface area (Å²) in [7, 11) is 0. The van der Waals surface area contributed by atoms with Crippen LogP contribution in [0.1, 0.15) is 32.1 Å². The first-order valence-electron chi connectivity index (χ1n) is 4.93. The molecule has 2 nitrogen and oxygen atoms in total. The van der Waals surface area contributed by atoms with Gasteiger partial charge in [0.05, 0.1) is 5.54 Å². The van der Waals surface area contributed by atoms with Gasteiger partial charge in [0, 0.05) is 0 Å². The monoisotopic (exact) mass is 269 g/mol. The van der Waals surface area contributed by atoms with Crippen LogP contribution in [0.15, 0.2) is 12.7 Å². The van der Waals surface area contributed by atoms with Crippen LogP contribution in [0.2, 0.25) is 0 Å². The first kappa shape index (κ1) is 13.1. The lowest BCUT2D eigenvalue weighted by molar-refractivity contribution is -0.121. The number of carbonyl (C=O) groups excluding carboxylic acids is 1. The van der Waals surface area contributed by atoms with Crippen molar-refractivity contribution in [3.8, 4) is 0 Å². The van der Waals surface area contributed by atoms with E-state index < -0.39 is 9.70 Å². The van der Waals surface area contributed by atoms with Crippen molar-refractivity contribution in [1.29, 1.82) is 0 Å². The summed E-state index contributed by atoms with van der Waals surface area (Å²) in [6.07, 6.45) is 6.78. The Hall–Kier alpha value is 0.0800. The molecule has 0 aromatic carbocycles. The molecule has 0 aromatic rings. The number of nitrogens with one attached hydrogen (secondary N) is 1. The number of halogens is 3. The van der Waals surface area contributed by atoms with E-state index >= 15 is 0 Å². The van der Waals surface area contributed by atoms with E-state index in [1.165, 1.54) is 6.42 Å². The van der Waals surface area contributed by atoms with Crippen LogP contribution in [-0.4, -0.2) is 15.2 Å². The van der Waals surface area contributed by atoms with Crippen LogP contribution in [-0.2, 0) is 4.79 Å². The summed E-state index contributed by atoms with van der Waals surface area (Å²) in [5.41, 5.74) is -0.390. The molecule has 0 radical (unpaired) electrons. The molecule has 1 N–H and O–H groups in total. The highest BCUT2D eigenvalue weighted by Crippen LogP contribution is 2.32. The van der Waals surface area contributed by atoms with Crippen molar-refractivity contribution in [3.63, 3.8) is 0 Å². The van der Waals surface area contributed by atoms with Gasteiger partial charge < -0.3 is 5.32 Å². The molecule has 1 rings (SSSR count). The molecule has 0 saturated heterocycles. The average Bonchev–Trinajstić information content (AvgIpc) is 2.18. The Morgan fingerprint density at radius 2 is 1.80 bits per heavy atom. The minimum atomic E-state index is -1.90. The molecule has 1 amide bonds. The van der Waals surface area contributed by atoms with Gasteiger partial charge >= 0.3 is 0 Å². The highest BCUT2D eigenvalue weighted by Gasteiger charge is 2.37. The molecule has 0 spiro atoms. The number of carbonyl (C=O) groups is 1. The van der Waals surface area contributed by atoms with Gasteiger partial charge in [-0.2, -0.15) is 0 Å². The quantitative estimate of drug-likeness (QED) is 0.605. The topological polar surface area (TPSA) is 29.1 Å². The smallest absolute Gasteiger partial charge is 0.272 e. The zero-order chi connectivity index (χ0) is 11.5. The van der Waals surface area contributed by atoms with E-state index in [1.54, 1.807) is 6.08 Å². The second-order valence-electron chi connectivity index (χ2n) is 3.87. The van der Waals surface area contributed by atoms with Gasteiger partial charge in [-0.05, 0) is 12.8 Å². The van der Waals surface area contributed by atoms with Crippen molar-refractivity contribution in [3.05, 3.63) is 12.7 Å². The molecule has 0 heterocycles. The van der Waals surface area contributed by atoms with Crippen LogP contribution in [0.5, 0.6) is 0 Å². The van der Waals surface area contributed by atoms with Gasteiger partial charge in [-0.3, -0.25) is 4.79 Å². The van der Waals surface area contributed by atoms with Gasteiger partial charge in [0.2, 0.25) is 0 Å². The van der Waals surface area contributed by atoms with Crippen molar-refractivity contribution >= 4 is 40.7 Å². The van der Waals surface area contributed by atoms with Crippen molar-refractivity contribution in [2.24, 2.45) is 0 Å². The van der Waals surface area contributed by atoms with E-state index in [1.807, 2.05) is 0 Å². The molecule has 1 aliphatic rings. The summed E-state index contributed by atoms with van der Waals surface area (Å²) in [5, 5.41) is 2.77. The Labute approximate surface area is 105 Å². The molecule has 1 aliphatic carbocycles. The third kappa shape index (κ3) is 3.54. The van der Waals surface area contributed by atoms with Crippen LogP contribution in [0.25, 0.3) is 0 Å². The highest BCUT2D eigenvalue weighted by molar-refractivity contribution is 6.76. The zero-order valence-electron chi connectivity index (χ0n) is 8.36. The fourth-order valence-electron chi connectivity index (χ4n) is 1.86. The summed E-state index contributed by atoms with van der Waals surface area (Å²) in [6, 6.07) is 0. The number of amides is 1. The number of alkyl halides is 3. The molecule has 1 saturated carbocycles. The van der Waals surface area contributed by atoms with Crippen molar-refractivity contribution < 1.29 is 4.79 Å². The van der Waals surface area contributed by atoms with Crippen LogP contribution in [0.3, 0.4) is 0 Å². The third-order valence-electron chi connectivity index (χ3n) is 2.76. The number of hydrogen-bond donors (Lipinski definition) is 1. The lowest BCUT2D eigenvalue weighted by Gasteiger charge is -2.36. The molecule has 0 atom stereocenters. The van der Waals surface area contributed by atoms with Crippen molar-refractivity contribution in [2.75, 3.05) is 0 Å². The average molecular weight is 271 g/mol. The van der Waals surface area contributed by atoms with Crippen LogP contribution >= 0.6 is 34.8 Å². The van der Waals surface area contributed by atoms with E-state index in [9.17, 15) is 4.79 Å². The maximum absolute atomic E-state index is 11.5. The second-order valence-corrected chi connectivity index (χ2v) is 6.15. The second kappa shape index (κ2) is 4.94. The first-order valence-corrected chi connectivity index (χ1v) is 6.06. The van der Waals surface area contributed by atoms with E-state index in [0.29, 0.717) is 0 Å². The fourth-order valence-corrected chi connectivity index (χ4v) is 2.00. The maximum Gasteiger partial charge on any atom is 0.272 e. The Bertz CT molecular complexity index is 254. The van der Waals surface area contributed by atoms with Crippen LogP contribution in [0.4, 0.5) is 0 Å². The Kier molecular flexibility index (Phi) is 4.33. The Balaban J connectivity index is 2.68. The van der Waals surface area contributed by atoms with Gasteiger partial charge in [0.1, 0.15) is 0 Å². The SMILES string of the molecule is C=CC1(NC(=O)C(Cl)(Cl)Cl)CCCCC1. The van der Waals surface area contributed by atoms with Gasteiger partial charge in [-0.1, -0.05) is 60.1 Å². The summed E-state index contributed by atoms with van der Waals surface area (Å²) >= 11 is 16.5. The minimum Gasteiger partial charge on any atom is -0.343 e. The summed E-state index contributed by atoms with van der Waals surface area (Å²) in [5.74, 6) is -0.575. The van der Waals surface area contributed by atoms with E-state index in [-0.39, 0.29) is 5.54 Å². The predicted octanol–water partition coefficient (Wildman–Crippen LogP) is 3.36. The molecule has 0 bridgehead atoms. The highest BCUT2D eigenvalue weighted by atomic mass is 35.6. The van der Waals surface area contributed by atoms with Gasteiger partial charge in [0.25, 0.3) is 9.70 Å². The molecule has 86 valence electrons. The Morgan fingerprint density at radius 1 is 1.27 bits per heavy atom.